The van der Waals surface area contributed by atoms with E-state index in [2.05, 4.69) is 5.32 Å². The summed E-state index contributed by atoms with van der Waals surface area (Å²) >= 11 is 0. The third-order valence-electron chi connectivity index (χ3n) is 3.01. The maximum atomic E-state index is 13.0. The van der Waals surface area contributed by atoms with Crippen LogP contribution in [-0.4, -0.2) is 18.0 Å². The highest BCUT2D eigenvalue weighted by Gasteiger charge is 2.18. The number of carbonyl (C=O) groups is 2. The van der Waals surface area contributed by atoms with Crippen LogP contribution >= 0.6 is 0 Å². The number of halogens is 2. The average Bonchev–Trinajstić information content (AvgIpc) is 2.47. The van der Waals surface area contributed by atoms with Crippen LogP contribution in [0, 0.1) is 11.6 Å². The van der Waals surface area contributed by atoms with Crippen molar-refractivity contribution in [2.45, 2.75) is 19.4 Å². The zero-order chi connectivity index (χ0) is 16.8. The molecule has 4 nitrogen and oxygen atoms in total. The number of rotatable bonds is 5. The van der Waals surface area contributed by atoms with Crippen LogP contribution in [0.5, 0.6) is 0 Å². The molecule has 0 saturated carbocycles. The summed E-state index contributed by atoms with van der Waals surface area (Å²) in [6, 6.07) is 10.9. The van der Waals surface area contributed by atoms with Crippen molar-refractivity contribution in [3.63, 3.8) is 0 Å². The molecule has 0 radical (unpaired) electrons. The first-order valence-corrected chi connectivity index (χ1v) is 6.94. The molecule has 0 heterocycles. The molecule has 0 bridgehead atoms. The van der Waals surface area contributed by atoms with E-state index in [0.29, 0.717) is 5.56 Å². The van der Waals surface area contributed by atoms with E-state index in [1.807, 2.05) is 0 Å². The van der Waals surface area contributed by atoms with E-state index in [9.17, 15) is 18.4 Å². The molecule has 1 N–H and O–H groups in total. The van der Waals surface area contributed by atoms with Gasteiger partial charge in [0.05, 0.1) is 6.42 Å². The largest absolute Gasteiger partial charge is 0.452 e. The molecule has 1 atom stereocenters. The first-order valence-electron chi connectivity index (χ1n) is 6.94. The lowest BCUT2D eigenvalue weighted by molar-refractivity contribution is -0.152. The van der Waals surface area contributed by atoms with E-state index >= 15 is 0 Å². The van der Waals surface area contributed by atoms with Crippen molar-refractivity contribution in [2.24, 2.45) is 0 Å². The van der Waals surface area contributed by atoms with Gasteiger partial charge in [0.1, 0.15) is 11.6 Å². The van der Waals surface area contributed by atoms with Gasteiger partial charge in [0.15, 0.2) is 6.10 Å². The summed E-state index contributed by atoms with van der Waals surface area (Å²) in [7, 11) is 0. The SMILES string of the molecule is C[C@@H](OC(=O)Cc1cccc(F)c1)C(=O)Nc1cccc(F)c1. The molecule has 0 saturated heterocycles. The van der Waals surface area contributed by atoms with Crippen LogP contribution in [0.1, 0.15) is 12.5 Å². The minimum absolute atomic E-state index is 0.144. The Morgan fingerprint density at radius 1 is 1.09 bits per heavy atom. The highest BCUT2D eigenvalue weighted by Crippen LogP contribution is 2.11. The van der Waals surface area contributed by atoms with Crippen molar-refractivity contribution >= 4 is 17.6 Å². The topological polar surface area (TPSA) is 55.4 Å². The Hall–Kier alpha value is -2.76. The monoisotopic (exact) mass is 319 g/mol. The predicted octanol–water partition coefficient (Wildman–Crippen LogP) is 3.08. The summed E-state index contributed by atoms with van der Waals surface area (Å²) in [6.07, 6.45) is -1.20. The van der Waals surface area contributed by atoms with E-state index < -0.39 is 29.6 Å². The van der Waals surface area contributed by atoms with Crippen LogP contribution in [0.15, 0.2) is 48.5 Å². The van der Waals surface area contributed by atoms with Gasteiger partial charge in [-0.25, -0.2) is 8.78 Å². The Labute approximate surface area is 132 Å². The van der Waals surface area contributed by atoms with Crippen LogP contribution in [0.25, 0.3) is 0 Å². The number of carbonyl (C=O) groups excluding carboxylic acids is 2. The molecule has 23 heavy (non-hydrogen) atoms. The molecule has 120 valence electrons. The maximum absolute atomic E-state index is 13.0. The smallest absolute Gasteiger partial charge is 0.311 e. The van der Waals surface area contributed by atoms with Crippen molar-refractivity contribution in [2.75, 3.05) is 5.32 Å². The minimum Gasteiger partial charge on any atom is -0.452 e. The number of anilines is 1. The zero-order valence-electron chi connectivity index (χ0n) is 12.4. The van der Waals surface area contributed by atoms with E-state index in [-0.39, 0.29) is 12.1 Å². The molecule has 0 fully saturated rings. The lowest BCUT2D eigenvalue weighted by atomic mass is 10.1. The summed E-state index contributed by atoms with van der Waals surface area (Å²) in [5.74, 6) is -2.17. The van der Waals surface area contributed by atoms with Gasteiger partial charge >= 0.3 is 5.97 Å². The first-order chi connectivity index (χ1) is 10.9. The lowest BCUT2D eigenvalue weighted by Gasteiger charge is -2.13. The van der Waals surface area contributed by atoms with Crippen molar-refractivity contribution in [3.8, 4) is 0 Å². The number of benzene rings is 2. The number of esters is 1. The van der Waals surface area contributed by atoms with Gasteiger partial charge in [-0.2, -0.15) is 0 Å². The van der Waals surface area contributed by atoms with Crippen LogP contribution < -0.4 is 5.32 Å². The molecule has 2 aromatic carbocycles. The fourth-order valence-corrected chi connectivity index (χ4v) is 1.92. The van der Waals surface area contributed by atoms with E-state index in [1.165, 1.54) is 43.3 Å². The quantitative estimate of drug-likeness (QED) is 0.862. The van der Waals surface area contributed by atoms with E-state index in [1.54, 1.807) is 6.07 Å². The second-order valence-electron chi connectivity index (χ2n) is 4.94. The van der Waals surface area contributed by atoms with Gasteiger partial charge in [-0.05, 0) is 42.8 Å². The van der Waals surface area contributed by atoms with Crippen molar-refractivity contribution < 1.29 is 23.1 Å². The molecule has 1 amide bonds. The van der Waals surface area contributed by atoms with Gasteiger partial charge in [0, 0.05) is 5.69 Å². The summed E-state index contributed by atoms with van der Waals surface area (Å²) in [6.45, 7) is 1.40. The van der Waals surface area contributed by atoms with Crippen LogP contribution in [0.4, 0.5) is 14.5 Å². The molecule has 0 aliphatic carbocycles. The molecule has 0 aromatic heterocycles. The number of ether oxygens (including phenoxy) is 1. The standard InChI is InChI=1S/C17H15F2NO3/c1-11(17(22)20-15-7-3-6-14(19)10-15)23-16(21)9-12-4-2-5-13(18)8-12/h2-8,10-11H,9H2,1H3,(H,20,22)/t11-/m1/s1. The Balaban J connectivity index is 1.89. The molecule has 2 aromatic rings. The third kappa shape index (κ3) is 5.18. The summed E-state index contributed by atoms with van der Waals surface area (Å²) < 4.78 is 31.1. The van der Waals surface area contributed by atoms with Crippen LogP contribution in [0.2, 0.25) is 0 Å². The highest BCUT2D eigenvalue weighted by atomic mass is 19.1. The Kier molecular flexibility index (Phi) is 5.41. The molecule has 0 aliphatic rings. The molecule has 6 heteroatoms. The van der Waals surface area contributed by atoms with Gasteiger partial charge in [-0.1, -0.05) is 18.2 Å². The minimum atomic E-state index is -1.06. The second-order valence-corrected chi connectivity index (χ2v) is 4.94. The van der Waals surface area contributed by atoms with Gasteiger partial charge in [-0.15, -0.1) is 0 Å². The number of hydrogen-bond donors (Lipinski definition) is 1. The predicted molar refractivity (Wildman–Crippen MR) is 80.7 cm³/mol. The van der Waals surface area contributed by atoms with Crippen LogP contribution in [0.3, 0.4) is 0 Å². The van der Waals surface area contributed by atoms with Gasteiger partial charge in [0.25, 0.3) is 5.91 Å². The number of nitrogens with one attached hydrogen (secondary N) is 1. The summed E-state index contributed by atoms with van der Waals surface area (Å²) in [5.41, 5.74) is 0.718. The average molecular weight is 319 g/mol. The van der Waals surface area contributed by atoms with Crippen molar-refractivity contribution in [1.82, 2.24) is 0 Å². The summed E-state index contributed by atoms with van der Waals surface area (Å²) in [5, 5.41) is 2.44. The maximum Gasteiger partial charge on any atom is 0.311 e. The second kappa shape index (κ2) is 7.49. The van der Waals surface area contributed by atoms with E-state index in [0.717, 1.165) is 6.07 Å². The third-order valence-corrected chi connectivity index (χ3v) is 3.01. The Morgan fingerprint density at radius 2 is 1.74 bits per heavy atom. The zero-order valence-corrected chi connectivity index (χ0v) is 12.4. The Bertz CT molecular complexity index is 718. The molecule has 0 aliphatic heterocycles. The lowest BCUT2D eigenvalue weighted by Crippen LogP contribution is -2.30. The Morgan fingerprint density at radius 3 is 2.39 bits per heavy atom. The molecule has 0 spiro atoms. The van der Waals surface area contributed by atoms with Crippen LogP contribution in [-0.2, 0) is 20.7 Å². The molecule has 0 unspecified atom stereocenters. The van der Waals surface area contributed by atoms with Gasteiger partial charge < -0.3 is 10.1 Å². The van der Waals surface area contributed by atoms with Gasteiger partial charge in [0.2, 0.25) is 0 Å². The van der Waals surface area contributed by atoms with Crippen molar-refractivity contribution in [3.05, 3.63) is 65.7 Å². The summed E-state index contributed by atoms with van der Waals surface area (Å²) in [4.78, 5) is 23.7. The number of hydrogen-bond acceptors (Lipinski definition) is 3. The van der Waals surface area contributed by atoms with Gasteiger partial charge in [-0.3, -0.25) is 9.59 Å². The van der Waals surface area contributed by atoms with E-state index in [4.69, 9.17) is 4.74 Å². The molecule has 2 rings (SSSR count). The normalized spacial score (nSPS) is 11.6. The first kappa shape index (κ1) is 16.6. The fourth-order valence-electron chi connectivity index (χ4n) is 1.92. The molecular formula is C17H15F2NO3. The fraction of sp³-hybridized carbons (Fsp3) is 0.176. The van der Waals surface area contributed by atoms with Crippen molar-refractivity contribution in [1.29, 1.82) is 0 Å². The molecular weight excluding hydrogens is 304 g/mol. The number of amides is 1. The highest BCUT2D eigenvalue weighted by molar-refractivity contribution is 5.95.